The molecule has 0 amide bonds. The highest BCUT2D eigenvalue weighted by Crippen LogP contribution is 2.24. The Bertz CT molecular complexity index is 415. The third kappa shape index (κ3) is 5.04. The lowest BCUT2D eigenvalue weighted by atomic mass is 10.2. The summed E-state index contributed by atoms with van der Waals surface area (Å²) in [5.41, 5.74) is 1.27. The molecule has 1 aliphatic rings. The Labute approximate surface area is 125 Å². The summed E-state index contributed by atoms with van der Waals surface area (Å²) in [6.45, 7) is 8.18. The number of thiocarbonyl (C=S) groups is 1. The Morgan fingerprint density at radius 1 is 1.42 bits per heavy atom. The van der Waals surface area contributed by atoms with Crippen LogP contribution < -0.4 is 10.6 Å². The van der Waals surface area contributed by atoms with Gasteiger partial charge < -0.3 is 15.5 Å². The van der Waals surface area contributed by atoms with Crippen molar-refractivity contribution in [2.24, 2.45) is 0 Å². The molecule has 0 bridgehead atoms. The lowest BCUT2D eigenvalue weighted by molar-refractivity contribution is 0.385. The Morgan fingerprint density at radius 2 is 2.05 bits per heavy atom. The van der Waals surface area contributed by atoms with Crippen molar-refractivity contribution in [3.63, 3.8) is 0 Å². The first-order valence-corrected chi connectivity index (χ1v) is 7.79. The highest BCUT2D eigenvalue weighted by molar-refractivity contribution is 7.80. The Hall–Kier alpha value is -0.720. The minimum Gasteiger partial charge on any atom is -0.360 e. The first kappa shape index (κ1) is 16.3. The van der Waals surface area contributed by atoms with E-state index in [0.29, 0.717) is 6.04 Å². The molecule has 6 heteroatoms. The fraction of sp³-hybridized carbons (Fsp3) is 0.692. The number of hydrogen-bond acceptors (Lipinski definition) is 4. The minimum absolute atomic E-state index is 0.400. The van der Waals surface area contributed by atoms with Crippen LogP contribution in [0.1, 0.15) is 29.4 Å². The summed E-state index contributed by atoms with van der Waals surface area (Å²) < 4.78 is 0. The summed E-state index contributed by atoms with van der Waals surface area (Å²) in [6.07, 6.45) is 1.01. The Morgan fingerprint density at radius 3 is 2.63 bits per heavy atom. The second-order valence-corrected chi connectivity index (χ2v) is 6.55. The Kier molecular flexibility index (Phi) is 6.68. The molecule has 0 atom stereocenters. The largest absolute Gasteiger partial charge is 0.360 e. The summed E-state index contributed by atoms with van der Waals surface area (Å²) >= 11 is 7.18. The van der Waals surface area contributed by atoms with Gasteiger partial charge in [-0.2, -0.15) is 0 Å². The zero-order valence-electron chi connectivity index (χ0n) is 12.4. The predicted octanol–water partition coefficient (Wildman–Crippen LogP) is 1.93. The summed E-state index contributed by atoms with van der Waals surface area (Å²) in [7, 11) is 3.75. The van der Waals surface area contributed by atoms with Crippen molar-refractivity contribution >= 4 is 28.7 Å². The van der Waals surface area contributed by atoms with Gasteiger partial charge in [0.2, 0.25) is 0 Å². The van der Waals surface area contributed by atoms with E-state index < -0.39 is 0 Å². The van der Waals surface area contributed by atoms with E-state index in [4.69, 9.17) is 12.2 Å². The van der Waals surface area contributed by atoms with Crippen molar-refractivity contribution in [3.8, 4) is 0 Å². The second-order valence-electron chi connectivity index (χ2n) is 4.88. The van der Waals surface area contributed by atoms with Crippen LogP contribution in [-0.4, -0.2) is 41.7 Å². The molecule has 2 heterocycles. The van der Waals surface area contributed by atoms with E-state index in [2.05, 4.69) is 41.3 Å². The molecule has 0 fully saturated rings. The Balaban J connectivity index is 0.000000550. The molecule has 0 radical (unpaired) electrons. The minimum atomic E-state index is 0.400. The van der Waals surface area contributed by atoms with Crippen LogP contribution in [0.3, 0.4) is 0 Å². The average Bonchev–Trinajstić information content (AvgIpc) is 2.67. The molecule has 1 aromatic rings. The van der Waals surface area contributed by atoms with Gasteiger partial charge in [-0.1, -0.05) is 0 Å². The van der Waals surface area contributed by atoms with E-state index in [1.807, 2.05) is 14.1 Å². The van der Waals surface area contributed by atoms with E-state index >= 15 is 0 Å². The van der Waals surface area contributed by atoms with Gasteiger partial charge in [-0.25, -0.2) is 4.98 Å². The third-order valence-electron chi connectivity index (χ3n) is 2.54. The number of rotatable bonds is 1. The number of nitrogens with zero attached hydrogens (tertiary/aromatic N) is 2. The second kappa shape index (κ2) is 7.77. The van der Waals surface area contributed by atoms with Crippen LogP contribution in [0.25, 0.3) is 0 Å². The fourth-order valence-electron chi connectivity index (χ4n) is 1.84. The zero-order valence-corrected chi connectivity index (χ0v) is 14.0. The topological polar surface area (TPSA) is 40.2 Å². The molecule has 19 heavy (non-hydrogen) atoms. The molecule has 2 rings (SSSR count). The zero-order chi connectivity index (χ0) is 14.4. The predicted molar refractivity (Wildman–Crippen MR) is 86.8 cm³/mol. The van der Waals surface area contributed by atoms with Gasteiger partial charge in [0.1, 0.15) is 0 Å². The maximum Gasteiger partial charge on any atom is 0.169 e. The van der Waals surface area contributed by atoms with Crippen LogP contribution in [-0.2, 0) is 13.0 Å². The number of nitrogens with one attached hydrogen (secondary N) is 2. The number of hydrogen-bond donors (Lipinski definition) is 2. The first-order chi connectivity index (χ1) is 8.97. The summed E-state index contributed by atoms with van der Waals surface area (Å²) in [5.74, 6) is 0. The van der Waals surface area contributed by atoms with Crippen molar-refractivity contribution in [1.29, 1.82) is 0 Å². The lowest BCUT2D eigenvalue weighted by Gasteiger charge is -2.29. The van der Waals surface area contributed by atoms with Crippen LogP contribution in [0.4, 0.5) is 0 Å². The number of thiazole rings is 1. The van der Waals surface area contributed by atoms with Crippen molar-refractivity contribution in [2.75, 3.05) is 20.6 Å². The maximum absolute atomic E-state index is 5.39. The van der Waals surface area contributed by atoms with Gasteiger partial charge >= 0.3 is 0 Å². The highest BCUT2D eigenvalue weighted by atomic mass is 32.1. The molecule has 1 aromatic heterocycles. The molecule has 0 spiro atoms. The van der Waals surface area contributed by atoms with E-state index in [1.54, 1.807) is 11.3 Å². The molecule has 2 N–H and O–H groups in total. The van der Waals surface area contributed by atoms with Crippen LogP contribution in [0, 0.1) is 6.92 Å². The van der Waals surface area contributed by atoms with E-state index in [0.717, 1.165) is 29.6 Å². The highest BCUT2D eigenvalue weighted by Gasteiger charge is 2.21. The summed E-state index contributed by atoms with van der Waals surface area (Å²) in [6, 6.07) is 0.400. The molecule has 1 aliphatic heterocycles. The number of aromatic nitrogens is 1. The van der Waals surface area contributed by atoms with Crippen molar-refractivity contribution < 1.29 is 0 Å². The number of fused-ring (bicyclic) bond motifs is 1. The van der Waals surface area contributed by atoms with E-state index in [-0.39, 0.29) is 0 Å². The quantitative estimate of drug-likeness (QED) is 0.776. The lowest BCUT2D eigenvalue weighted by Crippen LogP contribution is -2.44. The van der Waals surface area contributed by atoms with E-state index in [9.17, 15) is 0 Å². The van der Waals surface area contributed by atoms with Gasteiger partial charge in [-0.05, 0) is 47.1 Å². The van der Waals surface area contributed by atoms with Gasteiger partial charge in [0.25, 0.3) is 0 Å². The monoisotopic (exact) mass is 300 g/mol. The molecule has 0 unspecified atom stereocenters. The first-order valence-electron chi connectivity index (χ1n) is 6.57. The van der Waals surface area contributed by atoms with Crippen LogP contribution in [0.15, 0.2) is 0 Å². The van der Waals surface area contributed by atoms with Gasteiger partial charge in [0.05, 0.1) is 17.2 Å². The van der Waals surface area contributed by atoms with Crippen LogP contribution in [0.2, 0.25) is 0 Å². The average molecular weight is 300 g/mol. The smallest absolute Gasteiger partial charge is 0.169 e. The maximum atomic E-state index is 5.39. The van der Waals surface area contributed by atoms with Gasteiger partial charge in [0.15, 0.2) is 5.11 Å². The molecule has 0 saturated carbocycles. The standard InChI is InChI=1S/C11H17N3S2.C2H7N/c1-7(2)12-11(15)14-5-4-9-10(6-14)16-8(3)13-9;1-3-2/h7H,4-6H2,1-3H3,(H,12,15);3H,1-2H3. The van der Waals surface area contributed by atoms with E-state index in [1.165, 1.54) is 10.6 Å². The normalized spacial score (nSPS) is 13.7. The molecule has 4 nitrogen and oxygen atoms in total. The molecule has 0 aliphatic carbocycles. The SMILES string of the molecule is CNC.Cc1nc2c(s1)CN(C(=S)NC(C)C)CC2. The molecule has 108 valence electrons. The van der Waals surface area contributed by atoms with Gasteiger partial charge in [-0.3, -0.25) is 0 Å². The molecular formula is C13H24N4S2. The van der Waals surface area contributed by atoms with Crippen LogP contribution >= 0.6 is 23.6 Å². The number of aryl methyl sites for hydroxylation is 1. The van der Waals surface area contributed by atoms with Crippen molar-refractivity contribution in [2.45, 2.75) is 39.8 Å². The molecular weight excluding hydrogens is 276 g/mol. The van der Waals surface area contributed by atoms with Gasteiger partial charge in [-0.15, -0.1) is 11.3 Å². The van der Waals surface area contributed by atoms with Gasteiger partial charge in [0, 0.05) is 23.9 Å². The molecule has 0 saturated heterocycles. The van der Waals surface area contributed by atoms with Crippen molar-refractivity contribution in [3.05, 3.63) is 15.6 Å². The van der Waals surface area contributed by atoms with Crippen LogP contribution in [0.5, 0.6) is 0 Å². The summed E-state index contributed by atoms with van der Waals surface area (Å²) in [4.78, 5) is 8.14. The van der Waals surface area contributed by atoms with Crippen molar-refractivity contribution in [1.82, 2.24) is 20.5 Å². The third-order valence-corrected chi connectivity index (χ3v) is 3.91. The summed E-state index contributed by atoms with van der Waals surface area (Å²) in [5, 5.41) is 8.07. The fourth-order valence-corrected chi connectivity index (χ4v) is 3.23. The molecule has 0 aromatic carbocycles.